The zero-order valence-corrected chi connectivity index (χ0v) is 15.6. The van der Waals surface area contributed by atoms with Crippen LogP contribution in [-0.2, 0) is 4.79 Å². The highest BCUT2D eigenvalue weighted by Gasteiger charge is 2.30. The van der Waals surface area contributed by atoms with Gasteiger partial charge in [0.25, 0.3) is 11.5 Å². The smallest absolute Gasteiger partial charge is 0.263 e. The molecular weight excluding hydrogens is 400 g/mol. The van der Waals surface area contributed by atoms with E-state index in [4.69, 9.17) is 10.5 Å². The van der Waals surface area contributed by atoms with E-state index >= 15 is 0 Å². The van der Waals surface area contributed by atoms with Crippen molar-refractivity contribution in [3.63, 3.8) is 0 Å². The van der Waals surface area contributed by atoms with Gasteiger partial charge < -0.3 is 25.9 Å². The molecule has 7 N–H and O–H groups in total. The maximum Gasteiger partial charge on any atom is 0.263 e. The second kappa shape index (κ2) is 6.81. The number of anilines is 1. The number of H-pyrrole nitrogens is 1. The lowest BCUT2D eigenvalue weighted by molar-refractivity contribution is -0.119. The number of primary amides is 1. The molecule has 0 bridgehead atoms. The van der Waals surface area contributed by atoms with E-state index in [1.807, 2.05) is 0 Å². The molecule has 0 aliphatic carbocycles. The molecule has 1 amide bonds. The molecule has 2 heterocycles. The number of hydrogen-bond donors (Lipinski definition) is 6. The van der Waals surface area contributed by atoms with Gasteiger partial charge in [-0.15, -0.1) is 4.40 Å². The van der Waals surface area contributed by atoms with E-state index in [0.717, 1.165) is 0 Å². The van der Waals surface area contributed by atoms with Crippen LogP contribution >= 0.6 is 10.8 Å². The zero-order valence-electron chi connectivity index (χ0n) is 14.7. The van der Waals surface area contributed by atoms with Gasteiger partial charge in [-0.25, -0.2) is 0 Å². The number of amidine groups is 1. The van der Waals surface area contributed by atoms with Crippen molar-refractivity contribution in [3.8, 4) is 11.5 Å². The number of pyridine rings is 1. The van der Waals surface area contributed by atoms with Crippen molar-refractivity contribution < 1.29 is 23.7 Å². The molecule has 11 heteroatoms. The summed E-state index contributed by atoms with van der Waals surface area (Å²) in [5, 5.41) is 13.8. The molecular formula is C18H16N4O6S. The molecule has 0 spiro atoms. The Morgan fingerprint density at radius 2 is 1.97 bits per heavy atom. The summed E-state index contributed by atoms with van der Waals surface area (Å²) in [6.45, 7) is -0.375. The first-order chi connectivity index (χ1) is 13.8. The van der Waals surface area contributed by atoms with Crippen LogP contribution in [-0.4, -0.2) is 37.5 Å². The van der Waals surface area contributed by atoms with Gasteiger partial charge in [-0.1, -0.05) is 22.9 Å². The van der Waals surface area contributed by atoms with Gasteiger partial charge in [0.1, 0.15) is 22.0 Å². The summed E-state index contributed by atoms with van der Waals surface area (Å²) < 4.78 is 30.1. The molecule has 4 rings (SSSR count). The monoisotopic (exact) mass is 416 g/mol. The second-order valence-corrected chi connectivity index (χ2v) is 7.88. The topological polar surface area (TPSA) is 170 Å². The fourth-order valence-corrected chi connectivity index (χ4v) is 4.14. The number of nitrogens with zero attached hydrogens (tertiary/aromatic N) is 1. The van der Waals surface area contributed by atoms with Gasteiger partial charge >= 0.3 is 0 Å². The van der Waals surface area contributed by atoms with Crippen LogP contribution in [0, 0.1) is 0 Å². The number of para-hydroxylation sites is 1. The molecule has 3 aromatic rings. The summed E-state index contributed by atoms with van der Waals surface area (Å²) in [4.78, 5) is 26.0. The molecule has 0 atom stereocenters. The van der Waals surface area contributed by atoms with Crippen LogP contribution < -0.4 is 21.3 Å². The van der Waals surface area contributed by atoms with Crippen LogP contribution in [0.1, 0.15) is 5.56 Å². The normalized spacial score (nSPS) is 15.7. The molecule has 1 aliphatic heterocycles. The molecule has 1 aliphatic rings. The van der Waals surface area contributed by atoms with Crippen molar-refractivity contribution >= 4 is 39.1 Å². The van der Waals surface area contributed by atoms with E-state index < -0.39 is 22.2 Å². The van der Waals surface area contributed by atoms with Gasteiger partial charge in [0.05, 0.1) is 11.2 Å². The lowest BCUT2D eigenvalue weighted by Gasteiger charge is -2.34. The standard InChI is InChI=1S/C18H16N4O6S/c19-14(23)8-28-9-5-6-12-13(7-9)29(26,27)22-17(20-12)15-16(24)10-3-1-2-4-11(10)21-18(15)25/h1-7,26-27H,8H2,(H2,19,23)(H,20,22)(H2,21,24,25). The molecule has 29 heavy (non-hydrogen) atoms. The van der Waals surface area contributed by atoms with Crippen LogP contribution in [0.5, 0.6) is 11.5 Å². The third-order valence-electron chi connectivity index (χ3n) is 4.23. The minimum Gasteiger partial charge on any atom is -0.506 e. The molecule has 0 radical (unpaired) electrons. The summed E-state index contributed by atoms with van der Waals surface area (Å²) in [6, 6.07) is 10.9. The number of carbonyl (C=O) groups excluding carboxylic acids is 1. The maximum atomic E-state index is 12.5. The van der Waals surface area contributed by atoms with E-state index in [1.165, 1.54) is 18.2 Å². The van der Waals surface area contributed by atoms with Crippen molar-refractivity contribution in [2.24, 2.45) is 10.1 Å². The predicted octanol–water partition coefficient (Wildman–Crippen LogP) is 1.99. The van der Waals surface area contributed by atoms with E-state index in [-0.39, 0.29) is 40.1 Å². The summed E-state index contributed by atoms with van der Waals surface area (Å²) in [6.07, 6.45) is 0. The number of fused-ring (bicyclic) bond motifs is 2. The average Bonchev–Trinajstić information content (AvgIpc) is 2.66. The maximum absolute atomic E-state index is 12.5. The van der Waals surface area contributed by atoms with Gasteiger partial charge in [0, 0.05) is 11.5 Å². The Balaban J connectivity index is 1.79. The van der Waals surface area contributed by atoms with Crippen LogP contribution in [0.4, 0.5) is 5.69 Å². The fraction of sp³-hybridized carbons (Fsp3) is 0.0556. The van der Waals surface area contributed by atoms with Gasteiger partial charge in [0.15, 0.2) is 12.4 Å². The number of ether oxygens (including phenoxy) is 1. The lowest BCUT2D eigenvalue weighted by Crippen LogP contribution is -2.28. The number of nitrogens with two attached hydrogens (primary N) is 1. The summed E-state index contributed by atoms with van der Waals surface area (Å²) in [5.41, 5.74) is 4.86. The largest absolute Gasteiger partial charge is 0.506 e. The Morgan fingerprint density at radius 1 is 1.21 bits per heavy atom. The van der Waals surface area contributed by atoms with E-state index in [0.29, 0.717) is 10.9 Å². The number of benzene rings is 2. The number of nitrogens with one attached hydrogen (secondary N) is 2. The van der Waals surface area contributed by atoms with Crippen LogP contribution in [0.3, 0.4) is 0 Å². The van der Waals surface area contributed by atoms with Crippen molar-refractivity contribution in [1.82, 2.24) is 4.98 Å². The Kier molecular flexibility index (Phi) is 4.42. The molecule has 2 aromatic carbocycles. The van der Waals surface area contributed by atoms with Gasteiger partial charge in [-0.2, -0.15) is 0 Å². The SMILES string of the molecule is NC(=O)COc1ccc2c(c1)S(O)(O)N=C(c1c(O)c3ccccc3[nH]c1=O)N2. The Bertz CT molecular complexity index is 1240. The summed E-state index contributed by atoms with van der Waals surface area (Å²) in [7, 11) is -3.72. The minimum atomic E-state index is -3.72. The highest BCUT2D eigenvalue weighted by Crippen LogP contribution is 2.56. The highest BCUT2D eigenvalue weighted by atomic mass is 32.3. The number of rotatable bonds is 4. The van der Waals surface area contributed by atoms with E-state index in [2.05, 4.69) is 14.7 Å². The van der Waals surface area contributed by atoms with E-state index in [9.17, 15) is 23.8 Å². The van der Waals surface area contributed by atoms with Gasteiger partial charge in [-0.05, 0) is 24.3 Å². The van der Waals surface area contributed by atoms with Gasteiger partial charge in [-0.3, -0.25) is 18.7 Å². The fourth-order valence-electron chi connectivity index (χ4n) is 2.96. The number of aromatic amines is 1. The van der Waals surface area contributed by atoms with Crippen molar-refractivity contribution in [1.29, 1.82) is 0 Å². The first-order valence-electron chi connectivity index (χ1n) is 8.31. The summed E-state index contributed by atoms with van der Waals surface area (Å²) >= 11 is 0. The van der Waals surface area contributed by atoms with Gasteiger partial charge in [0.2, 0.25) is 0 Å². The Hall–Kier alpha value is -3.54. The Labute approximate surface area is 165 Å². The van der Waals surface area contributed by atoms with Crippen molar-refractivity contribution in [3.05, 3.63) is 58.4 Å². The first-order valence-corrected chi connectivity index (χ1v) is 9.81. The Morgan fingerprint density at radius 3 is 2.72 bits per heavy atom. The average molecular weight is 416 g/mol. The van der Waals surface area contributed by atoms with Crippen LogP contribution in [0.25, 0.3) is 10.9 Å². The molecule has 0 unspecified atom stereocenters. The second-order valence-electron chi connectivity index (χ2n) is 6.22. The molecule has 0 saturated heterocycles. The van der Waals surface area contributed by atoms with Crippen LogP contribution in [0.2, 0.25) is 0 Å². The molecule has 10 nitrogen and oxygen atoms in total. The minimum absolute atomic E-state index is 0.0138. The molecule has 0 saturated carbocycles. The molecule has 1 aromatic heterocycles. The number of aromatic hydroxyl groups is 1. The third kappa shape index (κ3) is 3.38. The van der Waals surface area contributed by atoms with Crippen molar-refractivity contribution in [2.45, 2.75) is 4.90 Å². The van der Waals surface area contributed by atoms with Crippen LogP contribution in [0.15, 0.2) is 56.6 Å². The predicted molar refractivity (Wildman–Crippen MR) is 109 cm³/mol. The number of aromatic nitrogens is 1. The molecule has 0 fully saturated rings. The molecule has 150 valence electrons. The highest BCUT2D eigenvalue weighted by molar-refractivity contribution is 8.23. The van der Waals surface area contributed by atoms with Crippen molar-refractivity contribution in [2.75, 3.05) is 11.9 Å². The lowest BCUT2D eigenvalue weighted by atomic mass is 10.1. The number of amides is 1. The quantitative estimate of drug-likeness (QED) is 0.377. The zero-order chi connectivity index (χ0) is 20.8. The summed E-state index contributed by atoms with van der Waals surface area (Å²) in [5.74, 6) is -1.02. The van der Waals surface area contributed by atoms with E-state index in [1.54, 1.807) is 24.3 Å². The third-order valence-corrected chi connectivity index (χ3v) is 5.60. The number of carbonyl (C=O) groups is 1. The number of hydrogen-bond acceptors (Lipinski definition) is 8. The first kappa shape index (κ1) is 18.8.